The van der Waals surface area contributed by atoms with Crippen molar-refractivity contribution in [3.63, 3.8) is 0 Å². The topological polar surface area (TPSA) is 0 Å². The quantitative estimate of drug-likeness (QED) is 0.401. The Labute approximate surface area is 95.5 Å². The van der Waals surface area contributed by atoms with Gasteiger partial charge in [0.2, 0.25) is 0 Å². The molecule has 0 aromatic rings. The molecule has 1 aliphatic rings. The van der Waals surface area contributed by atoms with Crippen molar-refractivity contribution in [2.45, 2.75) is 59.3 Å². The molecule has 0 saturated carbocycles. The zero-order valence-electron chi connectivity index (χ0n) is 10.6. The SMILES string of the molecule is C/C(=C/CC1C=CC1)CCCCC(C)C. The van der Waals surface area contributed by atoms with Crippen molar-refractivity contribution in [1.29, 1.82) is 0 Å². The van der Waals surface area contributed by atoms with Crippen molar-refractivity contribution >= 4 is 0 Å². The van der Waals surface area contributed by atoms with Gasteiger partial charge in [0.15, 0.2) is 0 Å². The lowest BCUT2D eigenvalue weighted by atomic mass is 9.91. The molecule has 0 aliphatic heterocycles. The monoisotopic (exact) mass is 206 g/mol. The zero-order valence-corrected chi connectivity index (χ0v) is 10.6. The van der Waals surface area contributed by atoms with Gasteiger partial charge in [-0.2, -0.15) is 0 Å². The van der Waals surface area contributed by atoms with Crippen molar-refractivity contribution in [2.75, 3.05) is 0 Å². The van der Waals surface area contributed by atoms with Crippen LogP contribution in [0.4, 0.5) is 0 Å². The fraction of sp³-hybridized carbons (Fsp3) is 0.733. The van der Waals surface area contributed by atoms with Gasteiger partial charge in [0.05, 0.1) is 0 Å². The first kappa shape index (κ1) is 12.5. The van der Waals surface area contributed by atoms with Gasteiger partial charge in [0.25, 0.3) is 0 Å². The van der Waals surface area contributed by atoms with Gasteiger partial charge in [-0.1, -0.05) is 50.5 Å². The Hall–Kier alpha value is -0.520. The highest BCUT2D eigenvalue weighted by Crippen LogP contribution is 2.22. The summed E-state index contributed by atoms with van der Waals surface area (Å²) in [6.45, 7) is 6.91. The predicted octanol–water partition coefficient (Wildman–Crippen LogP) is 5.12. The van der Waals surface area contributed by atoms with Gasteiger partial charge in [0.1, 0.15) is 0 Å². The lowest BCUT2D eigenvalue weighted by molar-refractivity contribution is 0.536. The van der Waals surface area contributed by atoms with Gasteiger partial charge in [-0.25, -0.2) is 0 Å². The fourth-order valence-corrected chi connectivity index (χ4v) is 1.91. The van der Waals surface area contributed by atoms with E-state index in [1.807, 2.05) is 0 Å². The van der Waals surface area contributed by atoms with Crippen LogP contribution in [0.3, 0.4) is 0 Å². The number of hydrogen-bond donors (Lipinski definition) is 0. The first-order valence-electron chi connectivity index (χ1n) is 6.50. The second-order valence-electron chi connectivity index (χ2n) is 5.35. The summed E-state index contributed by atoms with van der Waals surface area (Å²) in [5.41, 5.74) is 1.60. The molecule has 0 amide bonds. The van der Waals surface area contributed by atoms with Crippen LogP contribution in [0, 0.1) is 11.8 Å². The molecule has 1 aliphatic carbocycles. The molecular formula is C15H26. The third-order valence-corrected chi connectivity index (χ3v) is 3.22. The molecule has 0 fully saturated rings. The highest BCUT2D eigenvalue weighted by Gasteiger charge is 2.07. The van der Waals surface area contributed by atoms with Crippen LogP contribution in [0.2, 0.25) is 0 Å². The Morgan fingerprint density at radius 1 is 1.40 bits per heavy atom. The highest BCUT2D eigenvalue weighted by molar-refractivity contribution is 5.07. The molecule has 1 unspecified atom stereocenters. The molecule has 0 aromatic heterocycles. The first-order chi connectivity index (χ1) is 7.18. The summed E-state index contributed by atoms with van der Waals surface area (Å²) >= 11 is 0. The number of unbranched alkanes of at least 4 members (excludes halogenated alkanes) is 1. The highest BCUT2D eigenvalue weighted by atomic mass is 14.1. The third kappa shape index (κ3) is 5.81. The Morgan fingerprint density at radius 2 is 2.13 bits per heavy atom. The minimum atomic E-state index is 0.857. The second kappa shape index (κ2) is 6.87. The van der Waals surface area contributed by atoms with Crippen molar-refractivity contribution in [3.05, 3.63) is 23.8 Å². The molecule has 0 spiro atoms. The standard InChI is InChI=1S/C15H26/c1-13(2)7-4-5-8-14(3)11-12-15-9-6-10-15/h6,9,11,13,15H,4-5,7-8,10,12H2,1-3H3/b14-11-. The minimum Gasteiger partial charge on any atom is -0.0876 e. The molecular weight excluding hydrogens is 180 g/mol. The van der Waals surface area contributed by atoms with E-state index in [1.54, 1.807) is 5.57 Å². The summed E-state index contributed by atoms with van der Waals surface area (Å²) in [7, 11) is 0. The van der Waals surface area contributed by atoms with Crippen LogP contribution in [-0.2, 0) is 0 Å². The van der Waals surface area contributed by atoms with Gasteiger partial charge in [0, 0.05) is 0 Å². The van der Waals surface area contributed by atoms with Crippen LogP contribution in [0.25, 0.3) is 0 Å². The minimum absolute atomic E-state index is 0.857. The number of hydrogen-bond acceptors (Lipinski definition) is 0. The van der Waals surface area contributed by atoms with E-state index < -0.39 is 0 Å². The number of allylic oxidation sites excluding steroid dienone is 4. The lowest BCUT2D eigenvalue weighted by Crippen LogP contribution is -2.00. The molecule has 0 heteroatoms. The summed E-state index contributed by atoms with van der Waals surface area (Å²) in [4.78, 5) is 0. The molecule has 86 valence electrons. The summed E-state index contributed by atoms with van der Waals surface area (Å²) < 4.78 is 0. The summed E-state index contributed by atoms with van der Waals surface area (Å²) in [6.07, 6.45) is 15.1. The Bertz CT molecular complexity index is 220. The first-order valence-corrected chi connectivity index (χ1v) is 6.50. The van der Waals surface area contributed by atoms with Crippen LogP contribution < -0.4 is 0 Å². The van der Waals surface area contributed by atoms with E-state index in [0.29, 0.717) is 0 Å². The molecule has 0 N–H and O–H groups in total. The van der Waals surface area contributed by atoms with Crippen molar-refractivity contribution < 1.29 is 0 Å². The fourth-order valence-electron chi connectivity index (χ4n) is 1.91. The Kier molecular flexibility index (Phi) is 5.75. The van der Waals surface area contributed by atoms with Gasteiger partial charge in [-0.15, -0.1) is 0 Å². The van der Waals surface area contributed by atoms with E-state index in [4.69, 9.17) is 0 Å². The maximum atomic E-state index is 2.45. The van der Waals surface area contributed by atoms with E-state index in [-0.39, 0.29) is 0 Å². The van der Waals surface area contributed by atoms with Gasteiger partial charge in [-0.05, 0) is 44.4 Å². The lowest BCUT2D eigenvalue weighted by Gasteiger charge is -2.15. The maximum Gasteiger partial charge on any atom is -0.0164 e. The summed E-state index contributed by atoms with van der Waals surface area (Å²) in [5.74, 6) is 1.73. The average Bonchev–Trinajstić information content (AvgIpc) is 2.09. The van der Waals surface area contributed by atoms with Crippen LogP contribution in [0.1, 0.15) is 59.3 Å². The van der Waals surface area contributed by atoms with Crippen LogP contribution in [0.15, 0.2) is 23.8 Å². The normalized spacial score (nSPS) is 20.8. The van der Waals surface area contributed by atoms with E-state index in [2.05, 4.69) is 39.0 Å². The van der Waals surface area contributed by atoms with Crippen LogP contribution in [-0.4, -0.2) is 0 Å². The van der Waals surface area contributed by atoms with E-state index in [0.717, 1.165) is 11.8 Å². The zero-order chi connectivity index (χ0) is 11.1. The van der Waals surface area contributed by atoms with E-state index in [1.165, 1.54) is 38.5 Å². The molecule has 0 radical (unpaired) electrons. The van der Waals surface area contributed by atoms with Crippen molar-refractivity contribution in [2.24, 2.45) is 11.8 Å². The molecule has 0 heterocycles. The van der Waals surface area contributed by atoms with Gasteiger partial charge >= 0.3 is 0 Å². The molecule has 15 heavy (non-hydrogen) atoms. The third-order valence-electron chi connectivity index (χ3n) is 3.22. The Morgan fingerprint density at radius 3 is 2.67 bits per heavy atom. The number of rotatable bonds is 7. The van der Waals surface area contributed by atoms with Crippen molar-refractivity contribution in [3.8, 4) is 0 Å². The molecule has 0 aromatic carbocycles. The van der Waals surface area contributed by atoms with Gasteiger partial charge in [-0.3, -0.25) is 0 Å². The largest absolute Gasteiger partial charge is 0.0876 e. The summed E-state index contributed by atoms with van der Waals surface area (Å²) in [6, 6.07) is 0. The second-order valence-corrected chi connectivity index (χ2v) is 5.35. The van der Waals surface area contributed by atoms with E-state index >= 15 is 0 Å². The van der Waals surface area contributed by atoms with Crippen molar-refractivity contribution in [1.82, 2.24) is 0 Å². The molecule has 0 saturated heterocycles. The molecule has 1 atom stereocenters. The molecule has 0 nitrogen and oxygen atoms in total. The molecule has 0 bridgehead atoms. The van der Waals surface area contributed by atoms with E-state index in [9.17, 15) is 0 Å². The summed E-state index contributed by atoms with van der Waals surface area (Å²) in [5, 5.41) is 0. The Balaban J connectivity index is 2.01. The smallest absolute Gasteiger partial charge is 0.0164 e. The average molecular weight is 206 g/mol. The van der Waals surface area contributed by atoms with Crippen LogP contribution in [0.5, 0.6) is 0 Å². The van der Waals surface area contributed by atoms with Gasteiger partial charge < -0.3 is 0 Å². The molecule has 1 rings (SSSR count). The predicted molar refractivity (Wildman–Crippen MR) is 68.9 cm³/mol. The maximum absolute atomic E-state index is 2.45. The van der Waals surface area contributed by atoms with Crippen LogP contribution >= 0.6 is 0 Å².